The summed E-state index contributed by atoms with van der Waals surface area (Å²) in [6.07, 6.45) is 5.90. The molecule has 0 spiro atoms. The third kappa shape index (κ3) is 2.97. The van der Waals surface area contributed by atoms with E-state index in [4.69, 9.17) is 17.3 Å². The topological polar surface area (TPSA) is 80.4 Å². The van der Waals surface area contributed by atoms with Crippen LogP contribution in [0, 0.1) is 10.1 Å². The van der Waals surface area contributed by atoms with E-state index in [2.05, 4.69) is 0 Å². The van der Waals surface area contributed by atoms with Gasteiger partial charge in [-0.15, -0.1) is 0 Å². The maximum atomic E-state index is 10.9. The molecule has 102 valence electrons. The highest BCUT2D eigenvalue weighted by molar-refractivity contribution is 7.81. The first-order valence-electron chi connectivity index (χ1n) is 5.88. The van der Waals surface area contributed by atoms with Gasteiger partial charge < -0.3 is 5.11 Å². The molecule has 0 fully saturated rings. The molecule has 0 saturated carbocycles. The number of nitro groups is 1. The molecule has 1 aromatic carbocycles. The van der Waals surface area contributed by atoms with Crippen molar-refractivity contribution in [3.05, 3.63) is 57.7 Å². The Bertz CT molecular complexity index is 661. The summed E-state index contributed by atoms with van der Waals surface area (Å²) in [6, 6.07) is 4.22. The second-order valence-electron chi connectivity index (χ2n) is 4.30. The molecule has 1 aliphatic carbocycles. The summed E-state index contributed by atoms with van der Waals surface area (Å²) in [5.41, 5.74) is 1.68. The molecule has 0 radical (unpaired) electrons. The fraction of sp³-hybridized carbons (Fsp3) is 0.143. The molecule has 0 aromatic heterocycles. The molecule has 0 bridgehead atoms. The molecule has 1 aromatic rings. The lowest BCUT2D eigenvalue weighted by Gasteiger charge is -2.14. The number of hydrogen-bond acceptors (Lipinski definition) is 4. The molecule has 5 nitrogen and oxygen atoms in total. The zero-order chi connectivity index (χ0) is 14.7. The number of thiocarbonyl (C=S) groups is 1. The molecule has 2 rings (SSSR count). The quantitative estimate of drug-likeness (QED) is 0.523. The maximum absolute atomic E-state index is 10.9. The van der Waals surface area contributed by atoms with Gasteiger partial charge in [0, 0.05) is 23.4 Å². The lowest BCUT2D eigenvalue weighted by atomic mass is 9.91. The Hall–Kier alpha value is -2.34. The van der Waals surface area contributed by atoms with Crippen LogP contribution in [0.2, 0.25) is 0 Å². The first-order valence-corrected chi connectivity index (χ1v) is 6.29. The number of rotatable bonds is 4. The average Bonchev–Trinajstić information content (AvgIpc) is 2.39. The largest absolute Gasteiger partial charge is 0.481 e. The second kappa shape index (κ2) is 5.75. The molecule has 20 heavy (non-hydrogen) atoms. The van der Waals surface area contributed by atoms with E-state index in [-0.39, 0.29) is 12.1 Å². The lowest BCUT2D eigenvalue weighted by Crippen LogP contribution is -2.08. The van der Waals surface area contributed by atoms with E-state index in [9.17, 15) is 14.9 Å². The van der Waals surface area contributed by atoms with Crippen molar-refractivity contribution in [2.45, 2.75) is 12.8 Å². The van der Waals surface area contributed by atoms with Crippen molar-refractivity contribution in [1.29, 1.82) is 0 Å². The predicted octanol–water partition coefficient (Wildman–Crippen LogP) is 2.94. The molecular formula is C14H11NO4S. The van der Waals surface area contributed by atoms with Gasteiger partial charge in [-0.25, -0.2) is 0 Å². The van der Waals surface area contributed by atoms with Crippen LogP contribution in [0.1, 0.15) is 17.5 Å². The monoisotopic (exact) mass is 289 g/mol. The number of hydrogen-bond donors (Lipinski definition) is 1. The molecule has 6 heteroatoms. The number of non-ortho nitro benzene ring substituents is 1. The molecule has 0 heterocycles. The van der Waals surface area contributed by atoms with Crippen LogP contribution >= 0.6 is 12.2 Å². The number of allylic oxidation sites excluding steroid dienone is 4. The van der Waals surface area contributed by atoms with Crippen molar-refractivity contribution in [2.24, 2.45) is 0 Å². The first-order chi connectivity index (χ1) is 9.49. The minimum atomic E-state index is -1.04. The van der Waals surface area contributed by atoms with Crippen LogP contribution in [-0.2, 0) is 11.2 Å². The number of carbonyl (C=O) groups is 1. The highest BCUT2D eigenvalue weighted by atomic mass is 32.1. The Morgan fingerprint density at radius 2 is 2.20 bits per heavy atom. The summed E-state index contributed by atoms with van der Waals surface area (Å²) in [5.74, 6) is -1.04. The Balaban J connectivity index is 2.54. The third-order valence-electron chi connectivity index (χ3n) is 2.93. The van der Waals surface area contributed by atoms with Crippen molar-refractivity contribution in [3.63, 3.8) is 0 Å². The number of carboxylic acids is 1. The fourth-order valence-electron chi connectivity index (χ4n) is 2.05. The van der Waals surface area contributed by atoms with Crippen LogP contribution in [-0.4, -0.2) is 20.9 Å². The molecular weight excluding hydrogens is 278 g/mol. The van der Waals surface area contributed by atoms with Gasteiger partial charge in [0.25, 0.3) is 5.69 Å². The van der Waals surface area contributed by atoms with Gasteiger partial charge in [-0.05, 0) is 22.8 Å². The predicted molar refractivity (Wildman–Crippen MR) is 78.8 cm³/mol. The molecule has 0 saturated heterocycles. The minimum absolute atomic E-state index is 0.122. The summed E-state index contributed by atoms with van der Waals surface area (Å²) in [4.78, 5) is 21.9. The molecule has 1 aliphatic rings. The minimum Gasteiger partial charge on any atom is -0.481 e. The van der Waals surface area contributed by atoms with E-state index in [0.717, 1.165) is 5.57 Å². The number of aliphatic carboxylic acids is 1. The van der Waals surface area contributed by atoms with Crippen molar-refractivity contribution in [2.75, 3.05) is 0 Å². The highest BCUT2D eigenvalue weighted by Crippen LogP contribution is 2.28. The lowest BCUT2D eigenvalue weighted by molar-refractivity contribution is -0.384. The molecule has 1 N–H and O–H groups in total. The number of nitrogens with zero attached hydrogens (tertiary/aromatic N) is 1. The zero-order valence-electron chi connectivity index (χ0n) is 10.4. The Morgan fingerprint density at radius 3 is 2.80 bits per heavy atom. The van der Waals surface area contributed by atoms with Gasteiger partial charge in [0.05, 0.1) is 11.3 Å². The van der Waals surface area contributed by atoms with E-state index in [0.29, 0.717) is 22.4 Å². The van der Waals surface area contributed by atoms with Crippen molar-refractivity contribution in [3.8, 4) is 0 Å². The summed E-state index contributed by atoms with van der Waals surface area (Å²) in [5, 5.41) is 19.7. The Labute approximate surface area is 120 Å². The van der Waals surface area contributed by atoms with Crippen LogP contribution in [0.25, 0.3) is 5.57 Å². The Kier molecular flexibility index (Phi) is 4.05. The van der Waals surface area contributed by atoms with Crippen molar-refractivity contribution >= 4 is 34.3 Å². The SMILES string of the molecule is O=C(O)Cc1cc([N+](=O)[O-])ccc1C1=CC=CCC1=S. The van der Waals surface area contributed by atoms with E-state index < -0.39 is 10.9 Å². The van der Waals surface area contributed by atoms with Gasteiger partial charge in [-0.3, -0.25) is 14.9 Å². The van der Waals surface area contributed by atoms with Gasteiger partial charge in [0.15, 0.2) is 0 Å². The normalized spacial score (nSPS) is 14.0. The van der Waals surface area contributed by atoms with Crippen LogP contribution in [0.4, 0.5) is 5.69 Å². The molecule has 0 amide bonds. The van der Waals surface area contributed by atoms with E-state index in [1.807, 2.05) is 12.2 Å². The molecule has 0 aliphatic heterocycles. The van der Waals surface area contributed by atoms with Crippen LogP contribution in [0.3, 0.4) is 0 Å². The van der Waals surface area contributed by atoms with Crippen LogP contribution in [0.15, 0.2) is 36.4 Å². The van der Waals surface area contributed by atoms with Gasteiger partial charge in [-0.2, -0.15) is 0 Å². The van der Waals surface area contributed by atoms with Gasteiger partial charge in [0.1, 0.15) is 0 Å². The van der Waals surface area contributed by atoms with E-state index >= 15 is 0 Å². The van der Waals surface area contributed by atoms with Gasteiger partial charge in [-0.1, -0.05) is 30.4 Å². The number of carboxylic acid groups (broad SMARTS) is 1. The average molecular weight is 289 g/mol. The van der Waals surface area contributed by atoms with E-state index in [1.165, 1.54) is 12.1 Å². The van der Waals surface area contributed by atoms with Crippen LogP contribution in [0.5, 0.6) is 0 Å². The first kappa shape index (κ1) is 14.1. The fourth-order valence-corrected chi connectivity index (χ4v) is 2.32. The smallest absolute Gasteiger partial charge is 0.307 e. The van der Waals surface area contributed by atoms with E-state index in [1.54, 1.807) is 12.1 Å². The molecule has 0 unspecified atom stereocenters. The van der Waals surface area contributed by atoms with Gasteiger partial charge >= 0.3 is 5.97 Å². The third-order valence-corrected chi connectivity index (χ3v) is 3.32. The number of nitro benzene ring substituents is 1. The summed E-state index contributed by atoms with van der Waals surface area (Å²) in [6.45, 7) is 0. The number of benzene rings is 1. The summed E-state index contributed by atoms with van der Waals surface area (Å²) >= 11 is 5.27. The second-order valence-corrected chi connectivity index (χ2v) is 4.80. The molecule has 0 atom stereocenters. The summed E-state index contributed by atoms with van der Waals surface area (Å²) in [7, 11) is 0. The van der Waals surface area contributed by atoms with Crippen molar-refractivity contribution < 1.29 is 14.8 Å². The zero-order valence-corrected chi connectivity index (χ0v) is 11.2. The van der Waals surface area contributed by atoms with Crippen LogP contribution < -0.4 is 0 Å². The Morgan fingerprint density at radius 1 is 1.45 bits per heavy atom. The standard InChI is InChI=1S/C14H11NO4S/c16-14(17)8-9-7-10(15(18)19)5-6-11(9)12-3-1-2-4-13(12)20/h1-3,5-7H,4,8H2,(H,16,17). The van der Waals surface area contributed by atoms with Crippen molar-refractivity contribution in [1.82, 2.24) is 0 Å². The maximum Gasteiger partial charge on any atom is 0.307 e. The van der Waals surface area contributed by atoms with Gasteiger partial charge in [0.2, 0.25) is 0 Å². The highest BCUT2D eigenvalue weighted by Gasteiger charge is 2.18. The summed E-state index contributed by atoms with van der Waals surface area (Å²) < 4.78 is 0.